The van der Waals surface area contributed by atoms with E-state index in [0.717, 1.165) is 44.9 Å². The van der Waals surface area contributed by atoms with Crippen LogP contribution in [0.4, 0.5) is 0 Å². The summed E-state index contributed by atoms with van der Waals surface area (Å²) in [6.45, 7) is 9.07. The third-order valence-electron chi connectivity index (χ3n) is 3.91. The molecule has 0 aliphatic heterocycles. The van der Waals surface area contributed by atoms with Gasteiger partial charge in [0, 0.05) is 6.42 Å². The molecule has 3 heteroatoms. The number of carbonyl (C=O) groups is 1. The van der Waals surface area contributed by atoms with Crippen LogP contribution >= 0.6 is 0 Å². The van der Waals surface area contributed by atoms with Crippen molar-refractivity contribution in [3.05, 3.63) is 11.6 Å². The van der Waals surface area contributed by atoms with E-state index in [9.17, 15) is 9.90 Å². The molecule has 0 aliphatic carbocycles. The minimum Gasteiger partial charge on any atom is -0.466 e. The zero-order valence-corrected chi connectivity index (χ0v) is 15.1. The van der Waals surface area contributed by atoms with Crippen LogP contribution in [0.15, 0.2) is 11.6 Å². The van der Waals surface area contributed by atoms with E-state index in [1.54, 1.807) is 0 Å². The summed E-state index contributed by atoms with van der Waals surface area (Å²) in [7, 11) is 0. The zero-order chi connectivity index (χ0) is 16.8. The Morgan fingerprint density at radius 1 is 1.14 bits per heavy atom. The molecular formula is C19H36O3. The third kappa shape index (κ3) is 14.1. The lowest BCUT2D eigenvalue weighted by Crippen LogP contribution is -2.13. The van der Waals surface area contributed by atoms with Gasteiger partial charge < -0.3 is 9.84 Å². The standard InChI is InChI=1S/C19H36O3/c1-5-6-7-11-18(20)12-13-19(21)22-15-14-17(4)10-8-9-16(2)3/h9,17-18,20H,5-8,10-15H2,1-4H3. The Morgan fingerprint density at radius 2 is 1.86 bits per heavy atom. The molecule has 0 fully saturated rings. The van der Waals surface area contributed by atoms with Crippen LogP contribution in [-0.2, 0) is 9.53 Å². The van der Waals surface area contributed by atoms with Gasteiger partial charge in [0.1, 0.15) is 0 Å². The van der Waals surface area contributed by atoms with E-state index in [4.69, 9.17) is 4.74 Å². The first-order valence-corrected chi connectivity index (χ1v) is 8.92. The number of rotatable bonds is 13. The molecule has 0 aromatic heterocycles. The number of aliphatic hydroxyl groups is 1. The third-order valence-corrected chi connectivity index (χ3v) is 3.91. The van der Waals surface area contributed by atoms with E-state index in [0.29, 0.717) is 25.4 Å². The smallest absolute Gasteiger partial charge is 0.305 e. The number of esters is 1. The van der Waals surface area contributed by atoms with Gasteiger partial charge in [-0.25, -0.2) is 0 Å². The molecule has 0 aromatic rings. The summed E-state index contributed by atoms with van der Waals surface area (Å²) >= 11 is 0. The van der Waals surface area contributed by atoms with Crippen LogP contribution in [-0.4, -0.2) is 23.8 Å². The van der Waals surface area contributed by atoms with Crippen molar-refractivity contribution in [3.63, 3.8) is 0 Å². The Labute approximate surface area is 137 Å². The van der Waals surface area contributed by atoms with E-state index < -0.39 is 0 Å². The quantitative estimate of drug-likeness (QED) is 0.295. The maximum Gasteiger partial charge on any atom is 0.305 e. The highest BCUT2D eigenvalue weighted by Crippen LogP contribution is 2.13. The topological polar surface area (TPSA) is 46.5 Å². The highest BCUT2D eigenvalue weighted by Gasteiger charge is 2.10. The molecule has 0 aliphatic rings. The van der Waals surface area contributed by atoms with Crippen LogP contribution in [0.5, 0.6) is 0 Å². The van der Waals surface area contributed by atoms with Crippen molar-refractivity contribution in [2.75, 3.05) is 6.61 Å². The normalized spacial score (nSPS) is 13.5. The van der Waals surface area contributed by atoms with Gasteiger partial charge in [0.05, 0.1) is 12.7 Å². The molecule has 0 heterocycles. The predicted molar refractivity (Wildman–Crippen MR) is 92.8 cm³/mol. The number of hydrogen-bond donors (Lipinski definition) is 1. The Morgan fingerprint density at radius 3 is 2.50 bits per heavy atom. The zero-order valence-electron chi connectivity index (χ0n) is 15.1. The van der Waals surface area contributed by atoms with Crippen molar-refractivity contribution < 1.29 is 14.6 Å². The van der Waals surface area contributed by atoms with Gasteiger partial charge in [0.15, 0.2) is 0 Å². The maximum atomic E-state index is 11.6. The molecule has 0 amide bonds. The van der Waals surface area contributed by atoms with Crippen LogP contribution in [0.1, 0.15) is 85.5 Å². The average molecular weight is 312 g/mol. The van der Waals surface area contributed by atoms with Gasteiger partial charge in [-0.05, 0) is 51.9 Å². The van der Waals surface area contributed by atoms with Gasteiger partial charge in [0.25, 0.3) is 0 Å². The summed E-state index contributed by atoms with van der Waals surface area (Å²) < 4.78 is 5.25. The van der Waals surface area contributed by atoms with Gasteiger partial charge >= 0.3 is 5.97 Å². The Bertz CT molecular complexity index is 306. The van der Waals surface area contributed by atoms with Crippen LogP contribution in [0.2, 0.25) is 0 Å². The first kappa shape index (κ1) is 21.2. The summed E-state index contributed by atoms with van der Waals surface area (Å²) in [5.41, 5.74) is 1.36. The minimum atomic E-state index is -0.359. The molecule has 3 nitrogen and oxygen atoms in total. The van der Waals surface area contributed by atoms with Crippen molar-refractivity contribution in [1.82, 2.24) is 0 Å². The van der Waals surface area contributed by atoms with Crippen molar-refractivity contribution in [1.29, 1.82) is 0 Å². The first-order valence-electron chi connectivity index (χ1n) is 8.92. The van der Waals surface area contributed by atoms with Crippen molar-refractivity contribution in [2.24, 2.45) is 5.92 Å². The lowest BCUT2D eigenvalue weighted by atomic mass is 10.0. The molecule has 130 valence electrons. The average Bonchev–Trinajstić information content (AvgIpc) is 2.45. The van der Waals surface area contributed by atoms with Gasteiger partial charge in [0.2, 0.25) is 0 Å². The van der Waals surface area contributed by atoms with Gasteiger partial charge in [-0.15, -0.1) is 0 Å². The van der Waals surface area contributed by atoms with Crippen molar-refractivity contribution in [2.45, 2.75) is 91.6 Å². The summed E-state index contributed by atoms with van der Waals surface area (Å²) in [5, 5.41) is 9.77. The van der Waals surface area contributed by atoms with Crippen LogP contribution < -0.4 is 0 Å². The lowest BCUT2D eigenvalue weighted by Gasteiger charge is -2.12. The first-order chi connectivity index (χ1) is 10.5. The minimum absolute atomic E-state index is 0.175. The number of aliphatic hydroxyl groups excluding tert-OH is 1. The predicted octanol–water partition coefficient (Wildman–Crippen LogP) is 5.02. The summed E-state index contributed by atoms with van der Waals surface area (Å²) in [5.74, 6) is 0.397. The van der Waals surface area contributed by atoms with Crippen LogP contribution in [0, 0.1) is 5.92 Å². The Kier molecular flexibility index (Phi) is 13.3. The van der Waals surface area contributed by atoms with Gasteiger partial charge in [-0.3, -0.25) is 4.79 Å². The summed E-state index contributed by atoms with van der Waals surface area (Å²) in [6, 6.07) is 0. The number of ether oxygens (including phenoxy) is 1. The second kappa shape index (κ2) is 13.8. The second-order valence-electron chi connectivity index (χ2n) is 6.66. The van der Waals surface area contributed by atoms with E-state index in [1.165, 1.54) is 5.57 Å². The van der Waals surface area contributed by atoms with Gasteiger partial charge in [-0.1, -0.05) is 44.8 Å². The van der Waals surface area contributed by atoms with Crippen molar-refractivity contribution in [3.8, 4) is 0 Å². The monoisotopic (exact) mass is 312 g/mol. The second-order valence-corrected chi connectivity index (χ2v) is 6.66. The van der Waals surface area contributed by atoms with E-state index in [-0.39, 0.29) is 12.1 Å². The van der Waals surface area contributed by atoms with E-state index in [2.05, 4.69) is 33.8 Å². The number of carbonyl (C=O) groups excluding carboxylic acids is 1. The Balaban J connectivity index is 3.58. The molecule has 22 heavy (non-hydrogen) atoms. The molecule has 2 atom stereocenters. The summed E-state index contributed by atoms with van der Waals surface area (Å²) in [6.07, 6.45) is 10.0. The molecule has 0 saturated heterocycles. The molecular weight excluding hydrogens is 276 g/mol. The van der Waals surface area contributed by atoms with E-state index in [1.807, 2.05) is 0 Å². The molecule has 0 rings (SSSR count). The van der Waals surface area contributed by atoms with E-state index >= 15 is 0 Å². The molecule has 0 aromatic carbocycles. The number of unbranched alkanes of at least 4 members (excludes halogenated alkanes) is 2. The molecule has 2 unspecified atom stereocenters. The number of allylic oxidation sites excluding steroid dienone is 2. The lowest BCUT2D eigenvalue weighted by molar-refractivity contribution is -0.144. The highest BCUT2D eigenvalue weighted by molar-refractivity contribution is 5.69. The molecule has 1 N–H and O–H groups in total. The summed E-state index contributed by atoms with van der Waals surface area (Å²) in [4.78, 5) is 11.6. The fraction of sp³-hybridized carbons (Fsp3) is 0.842. The molecule has 0 bridgehead atoms. The molecule has 0 radical (unpaired) electrons. The maximum absolute atomic E-state index is 11.6. The van der Waals surface area contributed by atoms with Gasteiger partial charge in [-0.2, -0.15) is 0 Å². The molecule has 0 spiro atoms. The van der Waals surface area contributed by atoms with Crippen LogP contribution in [0.25, 0.3) is 0 Å². The van der Waals surface area contributed by atoms with Crippen molar-refractivity contribution >= 4 is 5.97 Å². The number of hydrogen-bond acceptors (Lipinski definition) is 3. The SMILES string of the molecule is CCCCCC(O)CCC(=O)OCCC(C)CCC=C(C)C. The fourth-order valence-electron chi connectivity index (χ4n) is 2.31. The largest absolute Gasteiger partial charge is 0.466 e. The van der Waals surface area contributed by atoms with Crippen LogP contribution in [0.3, 0.4) is 0 Å². The molecule has 0 saturated carbocycles. The highest BCUT2D eigenvalue weighted by atomic mass is 16.5. The Hall–Kier alpha value is -0.830. The fourth-order valence-corrected chi connectivity index (χ4v) is 2.31.